The Kier molecular flexibility index (Phi) is 5.02. The zero-order chi connectivity index (χ0) is 14.4. The van der Waals surface area contributed by atoms with Crippen LogP contribution in [0.1, 0.15) is 12.5 Å². The van der Waals surface area contributed by atoms with Gasteiger partial charge in [-0.15, -0.1) is 0 Å². The van der Waals surface area contributed by atoms with Gasteiger partial charge in [-0.05, 0) is 36.8 Å². The summed E-state index contributed by atoms with van der Waals surface area (Å²) in [6.45, 7) is 2.57. The summed E-state index contributed by atoms with van der Waals surface area (Å²) in [5.41, 5.74) is 1.56. The summed E-state index contributed by atoms with van der Waals surface area (Å²) in [6, 6.07) is 14.7. The molecule has 1 amide bonds. The summed E-state index contributed by atoms with van der Waals surface area (Å²) < 4.78 is 5.36. The van der Waals surface area contributed by atoms with Crippen LogP contribution in [0.5, 0.6) is 5.75 Å². The van der Waals surface area contributed by atoms with Gasteiger partial charge in [-0.3, -0.25) is 4.79 Å². The first-order valence-electron chi connectivity index (χ1n) is 6.45. The zero-order valence-electron chi connectivity index (χ0n) is 11.2. The monoisotopic (exact) mass is 289 g/mol. The highest BCUT2D eigenvalue weighted by molar-refractivity contribution is 6.33. The van der Waals surface area contributed by atoms with Crippen LogP contribution in [0.3, 0.4) is 0 Å². The summed E-state index contributed by atoms with van der Waals surface area (Å²) in [5, 5.41) is 3.33. The van der Waals surface area contributed by atoms with Gasteiger partial charge in [0.05, 0.1) is 23.7 Å². The summed E-state index contributed by atoms with van der Waals surface area (Å²) in [6.07, 6.45) is 0.303. The highest BCUT2D eigenvalue weighted by Crippen LogP contribution is 2.20. The van der Waals surface area contributed by atoms with E-state index in [1.807, 2.05) is 43.3 Å². The SMILES string of the molecule is CCOc1ccc(CC(=O)Nc2ccccc2Cl)cc1. The number of halogens is 1. The average molecular weight is 290 g/mol. The molecule has 2 rings (SSSR count). The zero-order valence-corrected chi connectivity index (χ0v) is 12.0. The van der Waals surface area contributed by atoms with Crippen molar-refractivity contribution in [1.29, 1.82) is 0 Å². The van der Waals surface area contributed by atoms with Crippen LogP contribution in [-0.4, -0.2) is 12.5 Å². The molecule has 0 saturated carbocycles. The molecule has 0 spiro atoms. The molecule has 0 unspecified atom stereocenters. The molecule has 4 heteroatoms. The van der Waals surface area contributed by atoms with E-state index in [0.717, 1.165) is 11.3 Å². The van der Waals surface area contributed by atoms with Gasteiger partial charge >= 0.3 is 0 Å². The third kappa shape index (κ3) is 4.00. The molecule has 0 atom stereocenters. The van der Waals surface area contributed by atoms with E-state index in [9.17, 15) is 4.79 Å². The predicted molar refractivity (Wildman–Crippen MR) is 81.4 cm³/mol. The Labute approximate surface area is 123 Å². The summed E-state index contributed by atoms with van der Waals surface area (Å²) in [7, 11) is 0. The molecule has 2 aromatic rings. The van der Waals surface area contributed by atoms with Crippen molar-refractivity contribution in [2.75, 3.05) is 11.9 Å². The molecule has 0 bridgehead atoms. The van der Waals surface area contributed by atoms with Crippen LogP contribution in [0.15, 0.2) is 48.5 Å². The van der Waals surface area contributed by atoms with Crippen molar-refractivity contribution in [2.24, 2.45) is 0 Å². The van der Waals surface area contributed by atoms with Gasteiger partial charge in [0.1, 0.15) is 5.75 Å². The number of rotatable bonds is 5. The predicted octanol–water partition coefficient (Wildman–Crippen LogP) is 3.92. The van der Waals surface area contributed by atoms with Crippen molar-refractivity contribution in [3.63, 3.8) is 0 Å². The number of hydrogen-bond donors (Lipinski definition) is 1. The Morgan fingerprint density at radius 2 is 1.85 bits per heavy atom. The Hall–Kier alpha value is -2.00. The number of benzene rings is 2. The Morgan fingerprint density at radius 1 is 1.15 bits per heavy atom. The minimum Gasteiger partial charge on any atom is -0.494 e. The second kappa shape index (κ2) is 6.96. The lowest BCUT2D eigenvalue weighted by atomic mass is 10.1. The molecule has 20 heavy (non-hydrogen) atoms. The van der Waals surface area contributed by atoms with E-state index in [-0.39, 0.29) is 5.91 Å². The first kappa shape index (κ1) is 14.4. The number of amides is 1. The number of para-hydroxylation sites is 1. The van der Waals surface area contributed by atoms with Crippen LogP contribution < -0.4 is 10.1 Å². The summed E-state index contributed by atoms with van der Waals surface area (Å²) >= 11 is 6.00. The molecule has 0 heterocycles. The Morgan fingerprint density at radius 3 is 2.50 bits per heavy atom. The van der Waals surface area contributed by atoms with Gasteiger partial charge in [0.2, 0.25) is 5.91 Å². The quantitative estimate of drug-likeness (QED) is 0.906. The van der Waals surface area contributed by atoms with Crippen LogP contribution in [-0.2, 0) is 11.2 Å². The lowest BCUT2D eigenvalue weighted by Gasteiger charge is -2.08. The fourth-order valence-corrected chi connectivity index (χ4v) is 2.00. The lowest BCUT2D eigenvalue weighted by Crippen LogP contribution is -2.14. The van der Waals surface area contributed by atoms with E-state index in [0.29, 0.717) is 23.7 Å². The molecular formula is C16H16ClNO2. The maximum Gasteiger partial charge on any atom is 0.228 e. The number of carbonyl (C=O) groups is 1. The van der Waals surface area contributed by atoms with Gasteiger partial charge in [-0.25, -0.2) is 0 Å². The van der Waals surface area contributed by atoms with Crippen molar-refractivity contribution in [3.05, 3.63) is 59.1 Å². The molecule has 2 aromatic carbocycles. The molecule has 0 aliphatic rings. The van der Waals surface area contributed by atoms with E-state index >= 15 is 0 Å². The average Bonchev–Trinajstić information content (AvgIpc) is 2.44. The number of nitrogens with one attached hydrogen (secondary N) is 1. The molecule has 104 valence electrons. The molecule has 1 N–H and O–H groups in total. The molecule has 0 fully saturated rings. The second-order valence-corrected chi connectivity index (χ2v) is 4.69. The largest absolute Gasteiger partial charge is 0.494 e. The van der Waals surface area contributed by atoms with Crippen LogP contribution in [0, 0.1) is 0 Å². The van der Waals surface area contributed by atoms with E-state index in [4.69, 9.17) is 16.3 Å². The highest BCUT2D eigenvalue weighted by Gasteiger charge is 2.06. The van der Waals surface area contributed by atoms with Crippen molar-refractivity contribution in [2.45, 2.75) is 13.3 Å². The normalized spacial score (nSPS) is 10.1. The highest BCUT2D eigenvalue weighted by atomic mass is 35.5. The molecule has 0 aliphatic carbocycles. The third-order valence-corrected chi connectivity index (χ3v) is 3.08. The van der Waals surface area contributed by atoms with Crippen molar-refractivity contribution in [3.8, 4) is 5.75 Å². The van der Waals surface area contributed by atoms with Gasteiger partial charge in [-0.2, -0.15) is 0 Å². The molecule has 0 aromatic heterocycles. The molecule has 0 aliphatic heterocycles. The number of ether oxygens (including phenoxy) is 1. The van der Waals surface area contributed by atoms with Crippen molar-refractivity contribution < 1.29 is 9.53 Å². The molecule has 0 radical (unpaired) electrons. The minimum absolute atomic E-state index is 0.0951. The first-order chi connectivity index (χ1) is 9.69. The molecular weight excluding hydrogens is 274 g/mol. The van der Waals surface area contributed by atoms with Crippen molar-refractivity contribution in [1.82, 2.24) is 0 Å². The number of anilines is 1. The lowest BCUT2D eigenvalue weighted by molar-refractivity contribution is -0.115. The third-order valence-electron chi connectivity index (χ3n) is 2.75. The van der Waals surface area contributed by atoms with Gasteiger partial charge in [0, 0.05) is 0 Å². The van der Waals surface area contributed by atoms with Gasteiger partial charge in [0.15, 0.2) is 0 Å². The Balaban J connectivity index is 1.96. The topological polar surface area (TPSA) is 38.3 Å². The fraction of sp³-hybridized carbons (Fsp3) is 0.188. The van der Waals surface area contributed by atoms with E-state index in [1.54, 1.807) is 12.1 Å². The van der Waals surface area contributed by atoms with Crippen LogP contribution >= 0.6 is 11.6 Å². The van der Waals surface area contributed by atoms with Gasteiger partial charge in [0.25, 0.3) is 0 Å². The summed E-state index contributed by atoms with van der Waals surface area (Å²) in [4.78, 5) is 11.9. The van der Waals surface area contributed by atoms with Gasteiger partial charge < -0.3 is 10.1 Å². The molecule has 0 saturated heterocycles. The first-order valence-corrected chi connectivity index (χ1v) is 6.83. The van der Waals surface area contributed by atoms with E-state index < -0.39 is 0 Å². The number of carbonyl (C=O) groups excluding carboxylic acids is 1. The van der Waals surface area contributed by atoms with Crippen LogP contribution in [0.2, 0.25) is 5.02 Å². The summed E-state index contributed by atoms with van der Waals surface area (Å²) in [5.74, 6) is 0.713. The van der Waals surface area contributed by atoms with Gasteiger partial charge in [-0.1, -0.05) is 35.9 Å². The second-order valence-electron chi connectivity index (χ2n) is 4.28. The maximum absolute atomic E-state index is 11.9. The molecule has 3 nitrogen and oxygen atoms in total. The van der Waals surface area contributed by atoms with Crippen LogP contribution in [0.25, 0.3) is 0 Å². The standard InChI is InChI=1S/C16H16ClNO2/c1-2-20-13-9-7-12(8-10-13)11-16(19)18-15-6-4-3-5-14(15)17/h3-10H,2,11H2,1H3,(H,18,19). The smallest absolute Gasteiger partial charge is 0.228 e. The van der Waals surface area contributed by atoms with Crippen molar-refractivity contribution >= 4 is 23.2 Å². The number of hydrogen-bond acceptors (Lipinski definition) is 2. The fourth-order valence-electron chi connectivity index (χ4n) is 1.81. The van der Waals surface area contributed by atoms with E-state index in [2.05, 4.69) is 5.32 Å². The van der Waals surface area contributed by atoms with E-state index in [1.165, 1.54) is 0 Å². The minimum atomic E-state index is -0.0951. The van der Waals surface area contributed by atoms with Crippen LogP contribution in [0.4, 0.5) is 5.69 Å². The maximum atomic E-state index is 11.9. The Bertz CT molecular complexity index is 581.